The second-order valence-corrected chi connectivity index (χ2v) is 3.27. The summed E-state index contributed by atoms with van der Waals surface area (Å²) in [5, 5.41) is 10.7. The molecule has 0 aromatic heterocycles. The number of rotatable bonds is 4. The van der Waals surface area contributed by atoms with Gasteiger partial charge in [0.2, 0.25) is 0 Å². The van der Waals surface area contributed by atoms with Crippen molar-refractivity contribution in [3.05, 3.63) is 34.9 Å². The van der Waals surface area contributed by atoms with Gasteiger partial charge in [-0.1, -0.05) is 23.7 Å². The molecule has 0 aliphatic heterocycles. The number of carboxylic acids is 1. The maximum atomic E-state index is 10.7. The van der Waals surface area contributed by atoms with Gasteiger partial charge in [0.05, 0.1) is 0 Å². The van der Waals surface area contributed by atoms with E-state index in [4.69, 9.17) is 11.6 Å². The van der Waals surface area contributed by atoms with Crippen molar-refractivity contribution >= 4 is 23.4 Å². The van der Waals surface area contributed by atoms with Crippen molar-refractivity contribution in [1.29, 1.82) is 0 Å². The van der Waals surface area contributed by atoms with Gasteiger partial charge in [-0.05, 0) is 24.1 Å². The van der Waals surface area contributed by atoms with Gasteiger partial charge in [-0.15, -0.1) is 0 Å². The predicted molar refractivity (Wildman–Crippen MR) is 49.8 cm³/mol. The first-order chi connectivity index (χ1) is 6.59. The topological polar surface area (TPSA) is 57.2 Å². The summed E-state index contributed by atoms with van der Waals surface area (Å²) in [6.07, 6.45) is 0.355. The molecule has 0 amide bonds. The fourth-order valence-corrected chi connectivity index (χ4v) is 1.14. The molecular formula is C10H8ClLiO3. The molecular weight excluding hydrogens is 211 g/mol. The fourth-order valence-electron chi connectivity index (χ4n) is 1.01. The largest absolute Gasteiger partial charge is 1.00 e. The van der Waals surface area contributed by atoms with Crippen LogP contribution in [0.15, 0.2) is 24.3 Å². The molecule has 0 fully saturated rings. The monoisotopic (exact) mass is 218 g/mol. The minimum absolute atomic E-state index is 0. The van der Waals surface area contributed by atoms with E-state index in [-0.39, 0.29) is 25.3 Å². The summed E-state index contributed by atoms with van der Waals surface area (Å²) in [6.45, 7) is 0. The standard InChI is InChI=1S/C10H9ClO3.Li/c11-8-4-1-7(2-5-8)3-6-9(12)10(13)14;/h1-2,4-5H,3,6H2,(H,13,14);/q;+1/p-1. The molecule has 74 valence electrons. The Morgan fingerprint density at radius 2 is 1.73 bits per heavy atom. The Bertz CT molecular complexity index is 348. The Labute approximate surface area is 105 Å². The van der Waals surface area contributed by atoms with Gasteiger partial charge < -0.3 is 9.90 Å². The van der Waals surface area contributed by atoms with E-state index in [9.17, 15) is 14.7 Å². The summed E-state index contributed by atoms with van der Waals surface area (Å²) in [5.41, 5.74) is 0.879. The van der Waals surface area contributed by atoms with Gasteiger partial charge in [0.25, 0.3) is 0 Å². The second kappa shape index (κ2) is 6.68. The van der Waals surface area contributed by atoms with Gasteiger partial charge in [-0.3, -0.25) is 4.79 Å². The summed E-state index contributed by atoms with van der Waals surface area (Å²) in [7, 11) is 0. The number of hydrogen-bond acceptors (Lipinski definition) is 3. The van der Waals surface area contributed by atoms with E-state index in [2.05, 4.69) is 0 Å². The van der Waals surface area contributed by atoms with E-state index in [1.54, 1.807) is 24.3 Å². The summed E-state index contributed by atoms with van der Waals surface area (Å²) >= 11 is 5.65. The van der Waals surface area contributed by atoms with Crippen LogP contribution >= 0.6 is 11.6 Å². The van der Waals surface area contributed by atoms with Crippen molar-refractivity contribution in [1.82, 2.24) is 0 Å². The van der Waals surface area contributed by atoms with Crippen LogP contribution in [-0.2, 0) is 16.0 Å². The van der Waals surface area contributed by atoms with Crippen LogP contribution in [0.2, 0.25) is 5.02 Å². The van der Waals surface area contributed by atoms with Gasteiger partial charge in [-0.25, -0.2) is 0 Å². The summed E-state index contributed by atoms with van der Waals surface area (Å²) in [6, 6.07) is 6.90. The Kier molecular flexibility index (Phi) is 6.34. The molecule has 0 aliphatic rings. The van der Waals surface area contributed by atoms with Gasteiger partial charge >= 0.3 is 18.9 Å². The summed E-state index contributed by atoms with van der Waals surface area (Å²) < 4.78 is 0. The Morgan fingerprint density at radius 1 is 1.20 bits per heavy atom. The quantitative estimate of drug-likeness (QED) is 0.418. The van der Waals surface area contributed by atoms with Crippen LogP contribution in [-0.4, -0.2) is 11.8 Å². The maximum Gasteiger partial charge on any atom is 1.00 e. The number of aryl methyl sites for hydroxylation is 1. The number of ketones is 1. The van der Waals surface area contributed by atoms with Crippen LogP contribution in [0.3, 0.4) is 0 Å². The first-order valence-corrected chi connectivity index (χ1v) is 4.46. The predicted octanol–water partition coefficient (Wildman–Crippen LogP) is -2.40. The van der Waals surface area contributed by atoms with Crippen LogP contribution in [0.1, 0.15) is 12.0 Å². The third-order valence-corrected chi connectivity index (χ3v) is 2.03. The van der Waals surface area contributed by atoms with Crippen molar-refractivity contribution in [2.24, 2.45) is 0 Å². The van der Waals surface area contributed by atoms with Crippen LogP contribution in [0.25, 0.3) is 0 Å². The van der Waals surface area contributed by atoms with Gasteiger partial charge in [0.1, 0.15) is 5.97 Å². The molecule has 0 unspecified atom stereocenters. The molecule has 0 bridgehead atoms. The smallest absolute Gasteiger partial charge is 0.542 e. The van der Waals surface area contributed by atoms with E-state index in [1.165, 1.54) is 0 Å². The van der Waals surface area contributed by atoms with Crippen LogP contribution in [0.4, 0.5) is 0 Å². The van der Waals surface area contributed by atoms with Crippen LogP contribution in [0, 0.1) is 0 Å². The third-order valence-electron chi connectivity index (χ3n) is 1.78. The van der Waals surface area contributed by atoms with Crippen molar-refractivity contribution in [2.75, 3.05) is 0 Å². The van der Waals surface area contributed by atoms with Crippen LogP contribution < -0.4 is 24.0 Å². The first kappa shape index (κ1) is 14.2. The molecule has 0 atom stereocenters. The fraction of sp³-hybridized carbons (Fsp3) is 0.200. The average Bonchev–Trinajstić information content (AvgIpc) is 2.16. The van der Waals surface area contributed by atoms with Crippen LogP contribution in [0.5, 0.6) is 0 Å². The van der Waals surface area contributed by atoms with Gasteiger partial charge in [0.15, 0.2) is 5.78 Å². The Hall–Kier alpha value is -0.753. The minimum Gasteiger partial charge on any atom is -0.542 e. The molecule has 3 nitrogen and oxygen atoms in total. The summed E-state index contributed by atoms with van der Waals surface area (Å²) in [4.78, 5) is 20.8. The molecule has 0 aliphatic carbocycles. The zero-order valence-corrected chi connectivity index (χ0v) is 9.08. The van der Waals surface area contributed by atoms with Crippen molar-refractivity contribution in [3.63, 3.8) is 0 Å². The molecule has 5 heteroatoms. The molecule has 0 spiro atoms. The number of aliphatic carboxylic acids is 1. The third kappa shape index (κ3) is 5.03. The second-order valence-electron chi connectivity index (χ2n) is 2.84. The number of carbonyl (C=O) groups is 2. The number of benzene rings is 1. The summed E-state index contributed by atoms with van der Waals surface area (Å²) in [5.74, 6) is -2.50. The minimum atomic E-state index is -1.63. The Morgan fingerprint density at radius 3 is 2.20 bits per heavy atom. The van der Waals surface area contributed by atoms with E-state index in [1.807, 2.05) is 0 Å². The molecule has 1 aromatic carbocycles. The van der Waals surface area contributed by atoms with Gasteiger partial charge in [-0.2, -0.15) is 0 Å². The first-order valence-electron chi connectivity index (χ1n) is 4.08. The molecule has 1 rings (SSSR count). The van der Waals surface area contributed by atoms with Crippen molar-refractivity contribution in [3.8, 4) is 0 Å². The number of carboxylic acid groups (broad SMARTS) is 1. The molecule has 0 heterocycles. The van der Waals surface area contributed by atoms with E-state index < -0.39 is 11.8 Å². The number of hydrogen-bond donors (Lipinski definition) is 0. The zero-order chi connectivity index (χ0) is 10.6. The molecule has 1 aromatic rings. The number of carbonyl (C=O) groups excluding carboxylic acids is 2. The van der Waals surface area contributed by atoms with Gasteiger partial charge in [0, 0.05) is 11.4 Å². The van der Waals surface area contributed by atoms with E-state index in [0.29, 0.717) is 11.4 Å². The number of Topliss-reactive ketones (excluding diaryl/α,β-unsaturated/α-hetero) is 1. The van der Waals surface area contributed by atoms with Crippen molar-refractivity contribution < 1.29 is 33.6 Å². The zero-order valence-electron chi connectivity index (χ0n) is 8.33. The molecule has 0 saturated carbocycles. The maximum absolute atomic E-state index is 10.7. The van der Waals surface area contributed by atoms with E-state index in [0.717, 1.165) is 5.56 Å². The van der Waals surface area contributed by atoms with E-state index >= 15 is 0 Å². The molecule has 0 saturated heterocycles. The SMILES string of the molecule is O=C([O-])C(=O)CCc1ccc(Cl)cc1.[Li+]. The van der Waals surface area contributed by atoms with Crippen molar-refractivity contribution in [2.45, 2.75) is 12.8 Å². The average molecular weight is 219 g/mol. The molecule has 0 N–H and O–H groups in total. The molecule has 0 radical (unpaired) electrons. The Balaban J connectivity index is 0.00000196. The number of halogens is 1. The molecule has 15 heavy (non-hydrogen) atoms. The normalized spacial score (nSPS) is 9.13.